The minimum absolute atomic E-state index is 0.0956. The molecule has 1 aromatic rings. The van der Waals surface area contributed by atoms with Gasteiger partial charge in [-0.1, -0.05) is 6.92 Å². The molecule has 2 heterocycles. The van der Waals surface area contributed by atoms with Crippen molar-refractivity contribution < 1.29 is 14.0 Å². The van der Waals surface area contributed by atoms with Gasteiger partial charge in [0.2, 0.25) is 5.91 Å². The van der Waals surface area contributed by atoms with Crippen LogP contribution in [0.2, 0.25) is 0 Å². The number of ketones is 1. The Morgan fingerprint density at radius 3 is 2.73 bits per heavy atom. The Bertz CT molecular complexity index is 992. The van der Waals surface area contributed by atoms with Gasteiger partial charge in [0.15, 0.2) is 0 Å². The predicted octanol–water partition coefficient (Wildman–Crippen LogP) is 3.86. The molecule has 0 aromatic heterocycles. The zero-order valence-corrected chi connectivity index (χ0v) is 17.2. The largest absolute Gasteiger partial charge is 0.342 e. The van der Waals surface area contributed by atoms with Gasteiger partial charge in [0.1, 0.15) is 11.6 Å². The maximum atomic E-state index is 13.3. The second-order valence-electron chi connectivity index (χ2n) is 8.58. The molecular formula is C24H26FN3O2. The number of likely N-dealkylation sites (tertiary alicyclic amines) is 1. The Balaban J connectivity index is 1.42. The number of Topliss-reactive ketones (excluding diaryl/α,β-unsaturated/α-hetero) is 1. The van der Waals surface area contributed by atoms with Crippen molar-refractivity contribution in [3.8, 4) is 0 Å². The van der Waals surface area contributed by atoms with E-state index in [0.29, 0.717) is 25.9 Å². The van der Waals surface area contributed by atoms with Crippen LogP contribution >= 0.6 is 0 Å². The minimum atomic E-state index is -0.255. The highest BCUT2D eigenvalue weighted by Crippen LogP contribution is 2.48. The van der Waals surface area contributed by atoms with Crippen LogP contribution in [0.3, 0.4) is 0 Å². The average Bonchev–Trinajstić information content (AvgIpc) is 3.29. The third-order valence-corrected chi connectivity index (χ3v) is 6.82. The zero-order valence-electron chi connectivity index (χ0n) is 17.2. The smallest absolute Gasteiger partial charge is 0.229 e. The molecule has 2 atom stereocenters. The van der Waals surface area contributed by atoms with Crippen LogP contribution in [0, 0.1) is 17.7 Å². The zero-order chi connectivity index (χ0) is 20.8. The van der Waals surface area contributed by atoms with Crippen LogP contribution in [0.15, 0.2) is 59.0 Å². The molecule has 4 aliphatic rings. The van der Waals surface area contributed by atoms with Crippen LogP contribution in [0.25, 0.3) is 0 Å². The molecule has 1 amide bonds. The number of rotatable bonds is 2. The number of nitrogens with zero attached hydrogens (tertiary/aromatic N) is 2. The lowest BCUT2D eigenvalue weighted by Crippen LogP contribution is -2.38. The lowest BCUT2D eigenvalue weighted by molar-refractivity contribution is -0.134. The molecule has 0 unspecified atom stereocenters. The number of fused-ring (bicyclic) bond motifs is 1. The lowest BCUT2D eigenvalue weighted by Gasteiger charge is -2.31. The van der Waals surface area contributed by atoms with Crippen molar-refractivity contribution >= 4 is 17.4 Å². The van der Waals surface area contributed by atoms with Crippen molar-refractivity contribution in [1.29, 1.82) is 0 Å². The molecule has 5 rings (SSSR count). The highest BCUT2D eigenvalue weighted by atomic mass is 19.1. The fourth-order valence-electron chi connectivity index (χ4n) is 5.26. The van der Waals surface area contributed by atoms with E-state index in [2.05, 4.69) is 18.4 Å². The third-order valence-electron chi connectivity index (χ3n) is 6.82. The summed E-state index contributed by atoms with van der Waals surface area (Å²) in [5.74, 6) is 0.234. The number of halogens is 1. The Morgan fingerprint density at radius 1 is 1.13 bits per heavy atom. The number of hydrogen-bond acceptors (Lipinski definition) is 4. The molecule has 2 aliphatic carbocycles. The van der Waals surface area contributed by atoms with E-state index >= 15 is 0 Å². The van der Waals surface area contributed by atoms with E-state index in [0.717, 1.165) is 36.2 Å². The Hall–Kier alpha value is -2.89. The van der Waals surface area contributed by atoms with Crippen molar-refractivity contribution in [3.63, 3.8) is 0 Å². The summed E-state index contributed by atoms with van der Waals surface area (Å²) in [5, 5.41) is 1.98. The highest BCUT2D eigenvalue weighted by molar-refractivity contribution is 5.85. The first-order valence-corrected chi connectivity index (χ1v) is 10.8. The molecule has 5 nitrogen and oxygen atoms in total. The van der Waals surface area contributed by atoms with Crippen molar-refractivity contribution in [3.05, 3.63) is 64.8 Å². The van der Waals surface area contributed by atoms with Crippen LogP contribution in [0.5, 0.6) is 0 Å². The maximum Gasteiger partial charge on any atom is 0.229 e. The van der Waals surface area contributed by atoms with Crippen molar-refractivity contribution in [2.24, 2.45) is 11.8 Å². The van der Waals surface area contributed by atoms with E-state index in [4.69, 9.17) is 0 Å². The number of amides is 1. The number of anilines is 1. The predicted molar refractivity (Wildman–Crippen MR) is 113 cm³/mol. The summed E-state index contributed by atoms with van der Waals surface area (Å²) in [7, 11) is 0. The first-order chi connectivity index (χ1) is 14.5. The van der Waals surface area contributed by atoms with E-state index in [1.807, 2.05) is 16.1 Å². The molecular weight excluding hydrogens is 381 g/mol. The van der Waals surface area contributed by atoms with Crippen molar-refractivity contribution in [2.75, 3.05) is 18.1 Å². The van der Waals surface area contributed by atoms with Gasteiger partial charge in [0.25, 0.3) is 0 Å². The number of hydrogen-bond donors (Lipinski definition) is 1. The monoisotopic (exact) mass is 407 g/mol. The third kappa shape index (κ3) is 3.15. The van der Waals surface area contributed by atoms with E-state index in [9.17, 15) is 14.0 Å². The summed E-state index contributed by atoms with van der Waals surface area (Å²) in [6.07, 6.45) is 7.73. The molecule has 1 saturated heterocycles. The van der Waals surface area contributed by atoms with E-state index in [-0.39, 0.29) is 29.3 Å². The van der Waals surface area contributed by atoms with Gasteiger partial charge in [0, 0.05) is 43.6 Å². The molecule has 0 saturated carbocycles. The summed E-state index contributed by atoms with van der Waals surface area (Å²) in [4.78, 5) is 27.0. The molecule has 0 spiro atoms. The molecule has 0 radical (unpaired) electrons. The Morgan fingerprint density at radius 2 is 1.93 bits per heavy atom. The van der Waals surface area contributed by atoms with E-state index in [1.54, 1.807) is 12.1 Å². The van der Waals surface area contributed by atoms with Crippen molar-refractivity contribution in [2.45, 2.75) is 39.0 Å². The molecule has 1 fully saturated rings. The molecule has 2 aliphatic heterocycles. The van der Waals surface area contributed by atoms with Gasteiger partial charge >= 0.3 is 0 Å². The SMILES string of the molecule is C[C@H]1C2=CNN(c3ccc(F)cc3)C2=CC2=C1[C@@H](C(=O)N1CCCC(=O)CC1)CC2. The van der Waals surface area contributed by atoms with Crippen LogP contribution < -0.4 is 10.4 Å². The normalized spacial score (nSPS) is 26.0. The summed E-state index contributed by atoms with van der Waals surface area (Å²) in [6, 6.07) is 6.44. The van der Waals surface area contributed by atoms with Gasteiger partial charge in [-0.2, -0.15) is 0 Å². The number of hydrazine groups is 1. The number of allylic oxidation sites excluding steroid dienone is 3. The van der Waals surface area contributed by atoms with Gasteiger partial charge in [0.05, 0.1) is 17.3 Å². The fourth-order valence-corrected chi connectivity index (χ4v) is 5.26. The van der Waals surface area contributed by atoms with Crippen LogP contribution in [0.4, 0.5) is 10.1 Å². The number of carbonyl (C=O) groups excluding carboxylic acids is 2. The summed E-state index contributed by atoms with van der Waals surface area (Å²) < 4.78 is 13.3. The number of nitrogens with one attached hydrogen (secondary N) is 1. The molecule has 0 bridgehead atoms. The first kappa shape index (κ1) is 19.1. The van der Waals surface area contributed by atoms with Gasteiger partial charge in [-0.15, -0.1) is 0 Å². The number of benzene rings is 1. The summed E-state index contributed by atoms with van der Waals surface area (Å²) >= 11 is 0. The molecule has 6 heteroatoms. The quantitative estimate of drug-likeness (QED) is 0.809. The average molecular weight is 407 g/mol. The van der Waals surface area contributed by atoms with Gasteiger partial charge < -0.3 is 10.3 Å². The van der Waals surface area contributed by atoms with Gasteiger partial charge in [-0.05, 0) is 60.8 Å². The molecule has 30 heavy (non-hydrogen) atoms. The standard InChI is InChI=1S/C24H26FN3O2/c1-15-21-14-26-28(18-7-5-17(25)6-8-18)22(21)13-16-4-9-20(23(15)16)24(30)27-11-2-3-19(29)10-12-27/h5-8,13-15,20,26H,2-4,9-12H2,1H3/t15-,20-/m0/s1. The topological polar surface area (TPSA) is 52.7 Å². The Kier molecular flexibility index (Phi) is 4.72. The lowest BCUT2D eigenvalue weighted by atomic mass is 9.80. The summed E-state index contributed by atoms with van der Waals surface area (Å²) in [6.45, 7) is 3.40. The molecule has 156 valence electrons. The van der Waals surface area contributed by atoms with E-state index < -0.39 is 0 Å². The number of carbonyl (C=O) groups is 2. The van der Waals surface area contributed by atoms with Crippen LogP contribution in [-0.4, -0.2) is 29.7 Å². The second-order valence-corrected chi connectivity index (χ2v) is 8.58. The van der Waals surface area contributed by atoms with Crippen molar-refractivity contribution in [1.82, 2.24) is 10.3 Å². The molecule has 1 N–H and O–H groups in total. The van der Waals surface area contributed by atoms with E-state index in [1.165, 1.54) is 23.3 Å². The minimum Gasteiger partial charge on any atom is -0.342 e. The maximum absolute atomic E-state index is 13.3. The molecule has 1 aromatic carbocycles. The van der Waals surface area contributed by atoms with Crippen LogP contribution in [0.1, 0.15) is 39.0 Å². The van der Waals surface area contributed by atoms with Crippen LogP contribution in [-0.2, 0) is 9.59 Å². The fraction of sp³-hybridized carbons (Fsp3) is 0.417. The van der Waals surface area contributed by atoms with Gasteiger partial charge in [-0.25, -0.2) is 4.39 Å². The highest BCUT2D eigenvalue weighted by Gasteiger charge is 2.41. The summed E-state index contributed by atoms with van der Waals surface area (Å²) in [5.41, 5.74) is 8.88. The van der Waals surface area contributed by atoms with Gasteiger partial charge in [-0.3, -0.25) is 14.6 Å². The Labute approximate surface area is 175 Å². The first-order valence-electron chi connectivity index (χ1n) is 10.8. The second kappa shape index (κ2) is 7.42.